The van der Waals surface area contributed by atoms with E-state index in [4.69, 9.17) is 9.47 Å². The summed E-state index contributed by atoms with van der Waals surface area (Å²) in [5.41, 5.74) is 0. The summed E-state index contributed by atoms with van der Waals surface area (Å²) in [7, 11) is 13.0. The Kier molecular flexibility index (Phi) is 12.1. The molecule has 1 aromatic rings. The van der Waals surface area contributed by atoms with Gasteiger partial charge in [-0.05, 0) is 12.1 Å². The molecular weight excluding hydrogens is 506 g/mol. The first kappa shape index (κ1) is 24.5. The smallest absolute Gasteiger partial charge is 0.137 e. The van der Waals surface area contributed by atoms with E-state index in [1.165, 1.54) is 0 Å². The molecular formula is C16H30I2N2O2. The summed E-state index contributed by atoms with van der Waals surface area (Å²) in [5, 5.41) is 0. The van der Waals surface area contributed by atoms with Crippen molar-refractivity contribution >= 4 is 0 Å². The Bertz CT molecular complexity index is 380. The maximum absolute atomic E-state index is 5.77. The molecule has 0 amide bonds. The van der Waals surface area contributed by atoms with Gasteiger partial charge in [-0.15, -0.1) is 0 Å². The molecule has 0 fully saturated rings. The molecule has 1 rings (SSSR count). The summed E-state index contributed by atoms with van der Waals surface area (Å²) in [4.78, 5) is 0. The molecule has 130 valence electrons. The van der Waals surface area contributed by atoms with Gasteiger partial charge in [-0.3, -0.25) is 0 Å². The van der Waals surface area contributed by atoms with E-state index in [1.807, 2.05) is 24.3 Å². The molecule has 0 aromatic heterocycles. The minimum Gasteiger partial charge on any atom is -1.00 e. The molecule has 0 saturated heterocycles. The zero-order chi connectivity index (χ0) is 15.2. The van der Waals surface area contributed by atoms with Crippen molar-refractivity contribution in [3.8, 4) is 11.5 Å². The lowest BCUT2D eigenvalue weighted by Gasteiger charge is -2.24. The lowest BCUT2D eigenvalue weighted by molar-refractivity contribution is -0.870. The highest BCUT2D eigenvalue weighted by molar-refractivity contribution is 5.32. The van der Waals surface area contributed by atoms with E-state index < -0.39 is 0 Å². The largest absolute Gasteiger partial charge is 1.00 e. The van der Waals surface area contributed by atoms with Crippen molar-refractivity contribution in [3.05, 3.63) is 24.3 Å². The molecule has 0 aliphatic heterocycles. The van der Waals surface area contributed by atoms with Gasteiger partial charge in [0.05, 0.1) is 42.3 Å². The Morgan fingerprint density at radius 3 is 1.41 bits per heavy atom. The van der Waals surface area contributed by atoms with Gasteiger partial charge in [0, 0.05) is 6.07 Å². The first-order valence-electron chi connectivity index (χ1n) is 7.12. The standard InChI is InChI=1S/C16H30N2O2.2HI/c1-17(2,3)10-12-19-15-8-7-9-16(14-15)20-13-11-18(4,5)6;;/h7-9,14H,10-13H2,1-6H3;2*1H/q+2;;/p-2. The fourth-order valence-corrected chi connectivity index (χ4v) is 1.53. The number of quaternary nitrogens is 2. The number of benzene rings is 1. The quantitative estimate of drug-likeness (QED) is 0.249. The van der Waals surface area contributed by atoms with Gasteiger partial charge in [-0.25, -0.2) is 0 Å². The van der Waals surface area contributed by atoms with Crippen LogP contribution in [-0.4, -0.2) is 77.6 Å². The lowest BCUT2D eigenvalue weighted by Crippen LogP contribution is -3.00. The van der Waals surface area contributed by atoms with E-state index in [1.54, 1.807) is 0 Å². The van der Waals surface area contributed by atoms with Gasteiger partial charge in [0.1, 0.15) is 37.8 Å². The fraction of sp³-hybridized carbons (Fsp3) is 0.625. The van der Waals surface area contributed by atoms with Crippen LogP contribution in [0.25, 0.3) is 0 Å². The van der Waals surface area contributed by atoms with Crippen molar-refractivity contribution in [2.45, 2.75) is 0 Å². The molecule has 0 atom stereocenters. The molecule has 0 radical (unpaired) electrons. The first-order chi connectivity index (χ1) is 9.16. The van der Waals surface area contributed by atoms with Crippen LogP contribution in [-0.2, 0) is 0 Å². The molecule has 0 N–H and O–H groups in total. The molecule has 6 heteroatoms. The number of nitrogens with zero attached hydrogens (tertiary/aromatic N) is 2. The highest BCUT2D eigenvalue weighted by Gasteiger charge is 2.08. The third kappa shape index (κ3) is 12.7. The van der Waals surface area contributed by atoms with Crippen molar-refractivity contribution in [2.24, 2.45) is 0 Å². The normalized spacial score (nSPS) is 11.2. The Balaban J connectivity index is 0. The van der Waals surface area contributed by atoms with Crippen molar-refractivity contribution in [3.63, 3.8) is 0 Å². The molecule has 0 heterocycles. The minimum atomic E-state index is 0. The number of hydrogen-bond donors (Lipinski definition) is 0. The third-order valence-corrected chi connectivity index (χ3v) is 2.87. The maximum Gasteiger partial charge on any atom is 0.137 e. The van der Waals surface area contributed by atoms with Crippen LogP contribution in [0, 0.1) is 0 Å². The Morgan fingerprint density at radius 2 is 1.09 bits per heavy atom. The van der Waals surface area contributed by atoms with Crippen LogP contribution in [0.3, 0.4) is 0 Å². The summed E-state index contributed by atoms with van der Waals surface area (Å²) in [6, 6.07) is 7.89. The molecule has 4 nitrogen and oxygen atoms in total. The van der Waals surface area contributed by atoms with Gasteiger partial charge in [0.2, 0.25) is 0 Å². The topological polar surface area (TPSA) is 18.5 Å². The predicted molar refractivity (Wildman–Crippen MR) is 83.2 cm³/mol. The van der Waals surface area contributed by atoms with E-state index >= 15 is 0 Å². The summed E-state index contributed by atoms with van der Waals surface area (Å²) in [5.74, 6) is 1.75. The average molecular weight is 536 g/mol. The van der Waals surface area contributed by atoms with Crippen molar-refractivity contribution in [1.29, 1.82) is 0 Å². The Hall–Kier alpha value is 0.200. The third-order valence-electron chi connectivity index (χ3n) is 2.87. The highest BCUT2D eigenvalue weighted by atomic mass is 127. The molecule has 1 aromatic carbocycles. The summed E-state index contributed by atoms with van der Waals surface area (Å²) >= 11 is 0. The lowest BCUT2D eigenvalue weighted by atomic mass is 10.3. The second-order valence-corrected chi connectivity index (χ2v) is 7.20. The van der Waals surface area contributed by atoms with Crippen molar-refractivity contribution < 1.29 is 66.4 Å². The summed E-state index contributed by atoms with van der Waals surface area (Å²) < 4.78 is 13.3. The Morgan fingerprint density at radius 1 is 0.727 bits per heavy atom. The predicted octanol–water partition coefficient (Wildman–Crippen LogP) is -4.14. The SMILES string of the molecule is C[N+](C)(C)CCOc1cccc(OCC[N+](C)(C)C)c1.[I-].[I-]. The number of halogens is 2. The van der Waals surface area contributed by atoms with Crippen LogP contribution in [0.4, 0.5) is 0 Å². The molecule has 0 aliphatic rings. The van der Waals surface area contributed by atoms with E-state index in [9.17, 15) is 0 Å². The monoisotopic (exact) mass is 536 g/mol. The molecule has 0 saturated carbocycles. The molecule has 0 aliphatic carbocycles. The van der Waals surface area contributed by atoms with E-state index in [-0.39, 0.29) is 48.0 Å². The van der Waals surface area contributed by atoms with Crippen LogP contribution in [0.5, 0.6) is 11.5 Å². The van der Waals surface area contributed by atoms with E-state index in [2.05, 4.69) is 42.3 Å². The van der Waals surface area contributed by atoms with Crippen LogP contribution in [0.15, 0.2) is 24.3 Å². The van der Waals surface area contributed by atoms with Gasteiger partial charge in [0.15, 0.2) is 0 Å². The second kappa shape index (κ2) is 10.9. The van der Waals surface area contributed by atoms with Crippen LogP contribution >= 0.6 is 0 Å². The van der Waals surface area contributed by atoms with Crippen molar-refractivity contribution in [2.75, 3.05) is 68.6 Å². The zero-order valence-corrected chi connectivity index (χ0v) is 18.9. The van der Waals surface area contributed by atoms with Gasteiger partial charge in [-0.1, -0.05) is 6.07 Å². The maximum atomic E-state index is 5.77. The van der Waals surface area contributed by atoms with E-state index in [0.29, 0.717) is 13.2 Å². The van der Waals surface area contributed by atoms with Gasteiger partial charge < -0.3 is 66.4 Å². The summed E-state index contributed by atoms with van der Waals surface area (Å²) in [6.07, 6.45) is 0. The van der Waals surface area contributed by atoms with Crippen LogP contribution < -0.4 is 57.4 Å². The molecule has 0 unspecified atom stereocenters. The van der Waals surface area contributed by atoms with Crippen molar-refractivity contribution in [1.82, 2.24) is 0 Å². The number of hydrogen-bond acceptors (Lipinski definition) is 2. The van der Waals surface area contributed by atoms with E-state index in [0.717, 1.165) is 33.6 Å². The molecule has 0 spiro atoms. The number of likely N-dealkylation sites (N-methyl/N-ethyl adjacent to an activating group) is 2. The minimum absolute atomic E-state index is 0. The van der Waals surface area contributed by atoms with Gasteiger partial charge >= 0.3 is 0 Å². The van der Waals surface area contributed by atoms with Crippen LogP contribution in [0.1, 0.15) is 0 Å². The van der Waals surface area contributed by atoms with Crippen LogP contribution in [0.2, 0.25) is 0 Å². The fourth-order valence-electron chi connectivity index (χ4n) is 1.53. The zero-order valence-electron chi connectivity index (χ0n) is 14.6. The Labute approximate surface area is 170 Å². The van der Waals surface area contributed by atoms with Gasteiger partial charge in [0.25, 0.3) is 0 Å². The number of ether oxygens (including phenoxy) is 2. The van der Waals surface area contributed by atoms with Gasteiger partial charge in [-0.2, -0.15) is 0 Å². The molecule has 22 heavy (non-hydrogen) atoms. The first-order valence-corrected chi connectivity index (χ1v) is 7.12. The summed E-state index contributed by atoms with van der Waals surface area (Å²) in [6.45, 7) is 3.39. The number of rotatable bonds is 8. The highest BCUT2D eigenvalue weighted by Crippen LogP contribution is 2.19. The molecule has 0 bridgehead atoms. The second-order valence-electron chi connectivity index (χ2n) is 7.20. The average Bonchev–Trinajstić information content (AvgIpc) is 2.26.